The number of aliphatic carboxylic acids is 1. The first-order valence-corrected chi connectivity index (χ1v) is 7.49. The first-order chi connectivity index (χ1) is 10.1. The van der Waals surface area contributed by atoms with E-state index in [1.54, 1.807) is 4.90 Å². The van der Waals surface area contributed by atoms with Crippen LogP contribution in [0.4, 0.5) is 10.5 Å². The average molecular weight is 290 g/mol. The molecule has 0 radical (unpaired) electrons. The summed E-state index contributed by atoms with van der Waals surface area (Å²) in [5, 5.41) is 11.9. The summed E-state index contributed by atoms with van der Waals surface area (Å²) < 4.78 is 0. The Bertz CT molecular complexity index is 516. The number of nitrogens with zero attached hydrogens (tertiary/aromatic N) is 1. The Morgan fingerprint density at radius 2 is 2.14 bits per heavy atom. The Balaban J connectivity index is 2.05. The van der Waals surface area contributed by atoms with Crippen molar-refractivity contribution in [2.45, 2.75) is 45.1 Å². The second-order valence-corrected chi connectivity index (χ2v) is 5.42. The molecule has 1 aromatic carbocycles. The molecule has 0 saturated carbocycles. The number of carbonyl (C=O) groups is 2. The van der Waals surface area contributed by atoms with Crippen LogP contribution in [0.25, 0.3) is 0 Å². The molecule has 114 valence electrons. The van der Waals surface area contributed by atoms with E-state index in [1.807, 2.05) is 24.3 Å². The van der Waals surface area contributed by atoms with Gasteiger partial charge in [-0.15, -0.1) is 0 Å². The lowest BCUT2D eigenvalue weighted by molar-refractivity contribution is -0.137. The number of rotatable bonds is 5. The van der Waals surface area contributed by atoms with Crippen molar-refractivity contribution in [1.82, 2.24) is 4.90 Å². The molecule has 0 spiro atoms. The molecule has 1 heterocycles. The minimum Gasteiger partial charge on any atom is -0.481 e. The average Bonchev–Trinajstić information content (AvgIpc) is 2.88. The lowest BCUT2D eigenvalue weighted by Crippen LogP contribution is -2.39. The molecule has 0 bridgehead atoms. The molecule has 2 N–H and O–H groups in total. The number of likely N-dealkylation sites (tertiary alicyclic amines) is 1. The molecule has 1 aliphatic heterocycles. The van der Waals surface area contributed by atoms with Gasteiger partial charge in [-0.25, -0.2) is 4.79 Å². The topological polar surface area (TPSA) is 69.6 Å². The maximum Gasteiger partial charge on any atom is 0.322 e. The number of hydrogen-bond donors (Lipinski definition) is 2. The van der Waals surface area contributed by atoms with Crippen molar-refractivity contribution in [2.24, 2.45) is 0 Å². The zero-order valence-electron chi connectivity index (χ0n) is 12.3. The summed E-state index contributed by atoms with van der Waals surface area (Å²) in [5.74, 6) is -0.855. The van der Waals surface area contributed by atoms with Crippen LogP contribution >= 0.6 is 0 Å². The van der Waals surface area contributed by atoms with Crippen molar-refractivity contribution in [3.63, 3.8) is 0 Å². The molecular formula is C16H22N2O3. The molecular weight excluding hydrogens is 268 g/mol. The van der Waals surface area contributed by atoms with E-state index in [0.29, 0.717) is 6.54 Å². The van der Waals surface area contributed by atoms with Crippen LogP contribution in [0.1, 0.15) is 38.2 Å². The number of nitrogens with one attached hydrogen (secondary N) is 1. The molecule has 1 aliphatic rings. The van der Waals surface area contributed by atoms with Crippen LogP contribution in [0.5, 0.6) is 0 Å². The van der Waals surface area contributed by atoms with E-state index in [1.165, 1.54) is 0 Å². The highest BCUT2D eigenvalue weighted by molar-refractivity contribution is 5.90. The van der Waals surface area contributed by atoms with Crippen molar-refractivity contribution >= 4 is 17.7 Å². The molecule has 0 aliphatic carbocycles. The van der Waals surface area contributed by atoms with Crippen LogP contribution in [0.2, 0.25) is 0 Å². The van der Waals surface area contributed by atoms with Crippen molar-refractivity contribution in [3.05, 3.63) is 29.8 Å². The number of benzene rings is 1. The lowest BCUT2D eigenvalue weighted by Gasteiger charge is -2.24. The molecule has 1 atom stereocenters. The predicted octanol–water partition coefficient (Wildman–Crippen LogP) is 3.11. The summed E-state index contributed by atoms with van der Waals surface area (Å²) >= 11 is 0. The van der Waals surface area contributed by atoms with Crippen LogP contribution in [0, 0.1) is 0 Å². The van der Waals surface area contributed by atoms with Gasteiger partial charge in [0.15, 0.2) is 0 Å². The third kappa shape index (κ3) is 3.97. The van der Waals surface area contributed by atoms with Crippen LogP contribution in [0.15, 0.2) is 24.3 Å². The van der Waals surface area contributed by atoms with Crippen LogP contribution in [-0.4, -0.2) is 34.6 Å². The number of anilines is 1. The third-order valence-electron chi connectivity index (χ3n) is 3.83. The Morgan fingerprint density at radius 3 is 2.86 bits per heavy atom. The van der Waals surface area contributed by atoms with Gasteiger partial charge in [0.1, 0.15) is 0 Å². The van der Waals surface area contributed by atoms with Gasteiger partial charge in [0, 0.05) is 18.3 Å². The van der Waals surface area contributed by atoms with Gasteiger partial charge in [-0.05, 0) is 30.9 Å². The summed E-state index contributed by atoms with van der Waals surface area (Å²) in [6.45, 7) is 2.72. The zero-order chi connectivity index (χ0) is 15.2. The smallest absolute Gasteiger partial charge is 0.322 e. The van der Waals surface area contributed by atoms with E-state index in [0.717, 1.165) is 36.9 Å². The van der Waals surface area contributed by atoms with Gasteiger partial charge in [0.25, 0.3) is 0 Å². The van der Waals surface area contributed by atoms with E-state index in [-0.39, 0.29) is 18.5 Å². The van der Waals surface area contributed by atoms with Gasteiger partial charge in [-0.3, -0.25) is 4.79 Å². The van der Waals surface area contributed by atoms with Gasteiger partial charge < -0.3 is 15.3 Å². The normalized spacial score (nSPS) is 17.8. The Labute approximate surface area is 125 Å². The Hall–Kier alpha value is -2.04. The molecule has 2 rings (SSSR count). The second-order valence-electron chi connectivity index (χ2n) is 5.42. The fourth-order valence-corrected chi connectivity index (χ4v) is 2.83. The summed E-state index contributed by atoms with van der Waals surface area (Å²) in [6, 6.07) is 7.38. The van der Waals surface area contributed by atoms with Gasteiger partial charge in [0.2, 0.25) is 0 Å². The summed E-state index contributed by atoms with van der Waals surface area (Å²) in [6.07, 6.45) is 3.57. The van der Waals surface area contributed by atoms with E-state index in [4.69, 9.17) is 5.11 Å². The van der Waals surface area contributed by atoms with Gasteiger partial charge in [-0.1, -0.05) is 31.5 Å². The molecule has 1 saturated heterocycles. The van der Waals surface area contributed by atoms with Crippen molar-refractivity contribution < 1.29 is 14.7 Å². The molecule has 2 amide bonds. The van der Waals surface area contributed by atoms with Crippen molar-refractivity contribution in [3.8, 4) is 0 Å². The quantitative estimate of drug-likeness (QED) is 0.875. The Morgan fingerprint density at radius 1 is 1.38 bits per heavy atom. The third-order valence-corrected chi connectivity index (χ3v) is 3.83. The predicted molar refractivity (Wildman–Crippen MR) is 81.4 cm³/mol. The summed E-state index contributed by atoms with van der Waals surface area (Å²) in [4.78, 5) is 24.9. The summed E-state index contributed by atoms with van der Waals surface area (Å²) in [7, 11) is 0. The fraction of sp³-hybridized carbons (Fsp3) is 0.500. The lowest BCUT2D eigenvalue weighted by atomic mass is 10.1. The first kappa shape index (κ1) is 15.4. The highest BCUT2D eigenvalue weighted by Gasteiger charge is 2.30. The molecule has 5 heteroatoms. The van der Waals surface area contributed by atoms with Gasteiger partial charge in [-0.2, -0.15) is 0 Å². The van der Waals surface area contributed by atoms with E-state index in [9.17, 15) is 9.59 Å². The van der Waals surface area contributed by atoms with Crippen LogP contribution in [-0.2, 0) is 11.2 Å². The minimum atomic E-state index is -0.855. The van der Waals surface area contributed by atoms with Gasteiger partial charge in [0.05, 0.1) is 6.42 Å². The number of carboxylic acids is 1. The molecule has 0 aromatic heterocycles. The second kappa shape index (κ2) is 7.11. The first-order valence-electron chi connectivity index (χ1n) is 7.49. The SMILES string of the molecule is CCCc1ccccc1NC(=O)N1CCCC1CC(=O)O. The van der Waals surface area contributed by atoms with E-state index < -0.39 is 5.97 Å². The number of carboxylic acid groups (broad SMARTS) is 1. The number of para-hydroxylation sites is 1. The van der Waals surface area contributed by atoms with Crippen molar-refractivity contribution in [2.75, 3.05) is 11.9 Å². The highest BCUT2D eigenvalue weighted by Crippen LogP contribution is 2.23. The number of amides is 2. The molecule has 21 heavy (non-hydrogen) atoms. The Kier molecular flexibility index (Phi) is 5.20. The van der Waals surface area contributed by atoms with E-state index >= 15 is 0 Å². The molecule has 5 nitrogen and oxygen atoms in total. The summed E-state index contributed by atoms with van der Waals surface area (Å²) in [5.41, 5.74) is 1.94. The van der Waals surface area contributed by atoms with E-state index in [2.05, 4.69) is 12.2 Å². The molecule has 1 fully saturated rings. The minimum absolute atomic E-state index is 0.0179. The standard InChI is InChI=1S/C16H22N2O3/c1-2-6-12-7-3-4-9-14(12)17-16(21)18-10-5-8-13(18)11-15(19)20/h3-4,7,9,13H,2,5-6,8,10-11H2,1H3,(H,17,21)(H,19,20). The number of hydrogen-bond acceptors (Lipinski definition) is 2. The largest absolute Gasteiger partial charge is 0.481 e. The number of urea groups is 1. The maximum absolute atomic E-state index is 12.4. The van der Waals surface area contributed by atoms with Gasteiger partial charge >= 0.3 is 12.0 Å². The zero-order valence-corrected chi connectivity index (χ0v) is 12.3. The van der Waals surface area contributed by atoms with Crippen molar-refractivity contribution in [1.29, 1.82) is 0 Å². The monoisotopic (exact) mass is 290 g/mol. The maximum atomic E-state index is 12.4. The van der Waals surface area contributed by atoms with Crippen LogP contribution in [0.3, 0.4) is 0 Å². The molecule has 1 unspecified atom stereocenters. The highest BCUT2D eigenvalue weighted by atomic mass is 16.4. The fourth-order valence-electron chi connectivity index (χ4n) is 2.83. The van der Waals surface area contributed by atoms with Crippen LogP contribution < -0.4 is 5.32 Å². The molecule has 1 aromatic rings. The number of aryl methyl sites for hydroxylation is 1. The number of carbonyl (C=O) groups excluding carboxylic acids is 1.